The van der Waals surface area contributed by atoms with Crippen molar-refractivity contribution < 1.29 is 19.0 Å². The molecule has 1 heterocycles. The summed E-state index contributed by atoms with van der Waals surface area (Å²) in [6, 6.07) is 12.2. The molecule has 1 aliphatic heterocycles. The van der Waals surface area contributed by atoms with E-state index in [0.29, 0.717) is 18.8 Å². The summed E-state index contributed by atoms with van der Waals surface area (Å²) >= 11 is 0. The van der Waals surface area contributed by atoms with Crippen molar-refractivity contribution in [1.82, 2.24) is 10.3 Å². The standard InChI is InChI=1S/C22H26FN3O3/c1-29-21-13-18(23)8-9-20(21)19-7-3-2-5-16(19)14-25-24-10-12-26-11-4-6-17(15-26)22(27)28/h2-3,5,7-9,13-14,17,24H,4,6,10-12,15H2,1H3,(H,27,28)/b25-14+. The second-order valence-electron chi connectivity index (χ2n) is 7.08. The van der Waals surface area contributed by atoms with Crippen LogP contribution in [0, 0.1) is 11.7 Å². The van der Waals surface area contributed by atoms with Crippen LogP contribution in [0.4, 0.5) is 4.39 Å². The summed E-state index contributed by atoms with van der Waals surface area (Å²) in [4.78, 5) is 13.3. The zero-order valence-electron chi connectivity index (χ0n) is 16.5. The van der Waals surface area contributed by atoms with Crippen molar-refractivity contribution in [2.75, 3.05) is 33.3 Å². The van der Waals surface area contributed by atoms with Crippen molar-refractivity contribution >= 4 is 12.2 Å². The van der Waals surface area contributed by atoms with Gasteiger partial charge >= 0.3 is 5.97 Å². The first-order chi connectivity index (χ1) is 14.1. The van der Waals surface area contributed by atoms with Crippen LogP contribution in [0.3, 0.4) is 0 Å². The van der Waals surface area contributed by atoms with E-state index in [0.717, 1.165) is 42.6 Å². The molecule has 2 N–H and O–H groups in total. The number of halogens is 1. The number of likely N-dealkylation sites (tertiary alicyclic amines) is 1. The van der Waals surface area contributed by atoms with Gasteiger partial charge in [0.2, 0.25) is 0 Å². The van der Waals surface area contributed by atoms with Crippen LogP contribution in [0.5, 0.6) is 5.75 Å². The average molecular weight is 399 g/mol. The van der Waals surface area contributed by atoms with Crippen molar-refractivity contribution in [3.63, 3.8) is 0 Å². The van der Waals surface area contributed by atoms with E-state index in [9.17, 15) is 9.18 Å². The largest absolute Gasteiger partial charge is 0.496 e. The van der Waals surface area contributed by atoms with Gasteiger partial charge in [-0.1, -0.05) is 24.3 Å². The number of carboxylic acid groups (broad SMARTS) is 1. The van der Waals surface area contributed by atoms with Crippen molar-refractivity contribution in [2.24, 2.45) is 11.0 Å². The number of ether oxygens (including phenoxy) is 1. The molecule has 0 radical (unpaired) electrons. The van der Waals surface area contributed by atoms with E-state index in [1.165, 1.54) is 19.2 Å². The number of carbonyl (C=O) groups is 1. The van der Waals surface area contributed by atoms with Crippen LogP contribution in [-0.4, -0.2) is 55.5 Å². The fourth-order valence-corrected chi connectivity index (χ4v) is 3.59. The van der Waals surface area contributed by atoms with Gasteiger partial charge in [0.05, 0.1) is 19.2 Å². The van der Waals surface area contributed by atoms with Gasteiger partial charge in [-0.15, -0.1) is 0 Å². The van der Waals surface area contributed by atoms with Crippen LogP contribution in [-0.2, 0) is 4.79 Å². The molecule has 29 heavy (non-hydrogen) atoms. The van der Waals surface area contributed by atoms with Crippen molar-refractivity contribution in [1.29, 1.82) is 0 Å². The van der Waals surface area contributed by atoms with E-state index in [1.807, 2.05) is 24.3 Å². The average Bonchev–Trinajstić information content (AvgIpc) is 2.74. The lowest BCUT2D eigenvalue weighted by Crippen LogP contribution is -2.41. The van der Waals surface area contributed by atoms with Gasteiger partial charge < -0.3 is 20.2 Å². The molecule has 1 fully saturated rings. The Balaban J connectivity index is 1.60. The van der Waals surface area contributed by atoms with Crippen molar-refractivity contribution in [3.8, 4) is 16.9 Å². The molecule has 154 valence electrons. The predicted octanol–water partition coefficient (Wildman–Crippen LogP) is 3.22. The van der Waals surface area contributed by atoms with Crippen molar-refractivity contribution in [2.45, 2.75) is 12.8 Å². The number of hydrogen-bond donors (Lipinski definition) is 2. The maximum atomic E-state index is 13.5. The third-order valence-electron chi connectivity index (χ3n) is 5.10. The van der Waals surface area contributed by atoms with Gasteiger partial charge in [-0.25, -0.2) is 4.39 Å². The zero-order valence-corrected chi connectivity index (χ0v) is 16.5. The van der Waals surface area contributed by atoms with Crippen LogP contribution in [0.1, 0.15) is 18.4 Å². The number of methoxy groups -OCH3 is 1. The molecule has 0 bridgehead atoms. The van der Waals surface area contributed by atoms with Crippen LogP contribution in [0.15, 0.2) is 47.6 Å². The molecule has 1 unspecified atom stereocenters. The predicted molar refractivity (Wildman–Crippen MR) is 111 cm³/mol. The Morgan fingerprint density at radius 3 is 2.97 bits per heavy atom. The van der Waals surface area contributed by atoms with Gasteiger partial charge in [0.1, 0.15) is 11.6 Å². The molecule has 0 aromatic heterocycles. The molecule has 0 spiro atoms. The minimum atomic E-state index is -0.714. The van der Waals surface area contributed by atoms with E-state index in [1.54, 1.807) is 12.3 Å². The van der Waals surface area contributed by atoms with Crippen LogP contribution < -0.4 is 10.2 Å². The van der Waals surface area contributed by atoms with Crippen LogP contribution in [0.25, 0.3) is 11.1 Å². The molecule has 2 aromatic carbocycles. The maximum absolute atomic E-state index is 13.5. The molecule has 0 amide bonds. The lowest BCUT2D eigenvalue weighted by molar-refractivity contribution is -0.143. The minimum absolute atomic E-state index is 0.273. The summed E-state index contributed by atoms with van der Waals surface area (Å²) in [5.74, 6) is -0.864. The zero-order chi connectivity index (χ0) is 20.6. The Labute approximate surface area is 170 Å². The number of aliphatic carboxylic acids is 1. The van der Waals surface area contributed by atoms with Gasteiger partial charge in [-0.05, 0) is 37.1 Å². The Kier molecular flexibility index (Phi) is 7.19. The van der Waals surface area contributed by atoms with E-state index in [-0.39, 0.29) is 11.7 Å². The lowest BCUT2D eigenvalue weighted by Gasteiger charge is -2.30. The topological polar surface area (TPSA) is 74.2 Å². The molecule has 7 heteroatoms. The van der Waals surface area contributed by atoms with Crippen LogP contribution in [0.2, 0.25) is 0 Å². The summed E-state index contributed by atoms with van der Waals surface area (Å²) in [6.45, 7) is 2.88. The Bertz CT molecular complexity index is 872. The third kappa shape index (κ3) is 5.54. The fourth-order valence-electron chi connectivity index (χ4n) is 3.59. The molecular formula is C22H26FN3O3. The number of hydrogen-bond acceptors (Lipinski definition) is 5. The highest BCUT2D eigenvalue weighted by atomic mass is 19.1. The highest BCUT2D eigenvalue weighted by molar-refractivity contribution is 5.91. The third-order valence-corrected chi connectivity index (χ3v) is 5.10. The summed E-state index contributed by atoms with van der Waals surface area (Å²) in [5, 5.41) is 13.5. The van der Waals surface area contributed by atoms with E-state index in [4.69, 9.17) is 9.84 Å². The highest BCUT2D eigenvalue weighted by Gasteiger charge is 2.24. The fraction of sp³-hybridized carbons (Fsp3) is 0.364. The molecule has 6 nitrogen and oxygen atoms in total. The molecule has 0 saturated carbocycles. The molecule has 0 aliphatic carbocycles. The summed E-state index contributed by atoms with van der Waals surface area (Å²) in [7, 11) is 1.52. The molecule has 2 aromatic rings. The maximum Gasteiger partial charge on any atom is 0.307 e. The molecule has 1 atom stereocenters. The number of piperidine rings is 1. The van der Waals surface area contributed by atoms with E-state index in [2.05, 4.69) is 15.4 Å². The Hall–Kier alpha value is -2.93. The second-order valence-corrected chi connectivity index (χ2v) is 7.08. The number of nitrogens with zero attached hydrogens (tertiary/aromatic N) is 2. The number of rotatable bonds is 8. The van der Waals surface area contributed by atoms with Crippen LogP contribution >= 0.6 is 0 Å². The molecular weight excluding hydrogens is 373 g/mol. The van der Waals surface area contributed by atoms with Crippen molar-refractivity contribution in [3.05, 3.63) is 53.8 Å². The second kappa shape index (κ2) is 10.0. The quantitative estimate of drug-likeness (QED) is 0.405. The van der Waals surface area contributed by atoms with Gasteiger partial charge in [-0.3, -0.25) is 4.79 Å². The Morgan fingerprint density at radius 2 is 2.17 bits per heavy atom. The smallest absolute Gasteiger partial charge is 0.307 e. The molecule has 3 rings (SSSR count). The molecule has 1 saturated heterocycles. The number of benzene rings is 2. The first kappa shape index (κ1) is 20.8. The van der Waals surface area contributed by atoms with Gasteiger partial charge in [0.15, 0.2) is 0 Å². The van der Waals surface area contributed by atoms with Gasteiger partial charge in [0.25, 0.3) is 0 Å². The SMILES string of the molecule is COc1cc(F)ccc1-c1ccccc1/C=N/NCCN1CCCC(C(=O)O)C1. The first-order valence-electron chi connectivity index (χ1n) is 9.72. The number of hydrazone groups is 1. The number of nitrogens with one attached hydrogen (secondary N) is 1. The lowest BCUT2D eigenvalue weighted by atomic mass is 9.98. The monoisotopic (exact) mass is 399 g/mol. The normalized spacial score (nSPS) is 17.4. The first-order valence-corrected chi connectivity index (χ1v) is 9.72. The number of carboxylic acids is 1. The Morgan fingerprint density at radius 1 is 1.34 bits per heavy atom. The minimum Gasteiger partial charge on any atom is -0.496 e. The van der Waals surface area contributed by atoms with E-state index >= 15 is 0 Å². The van der Waals surface area contributed by atoms with Gasteiger partial charge in [0, 0.05) is 36.8 Å². The van der Waals surface area contributed by atoms with E-state index < -0.39 is 5.97 Å². The summed E-state index contributed by atoms with van der Waals surface area (Å²) < 4.78 is 18.8. The summed E-state index contributed by atoms with van der Waals surface area (Å²) in [5.41, 5.74) is 5.61. The molecule has 1 aliphatic rings. The summed E-state index contributed by atoms with van der Waals surface area (Å²) in [6.07, 6.45) is 3.39. The highest BCUT2D eigenvalue weighted by Crippen LogP contribution is 2.32. The van der Waals surface area contributed by atoms with Gasteiger partial charge in [-0.2, -0.15) is 5.10 Å².